The first kappa shape index (κ1) is 11.6. The summed E-state index contributed by atoms with van der Waals surface area (Å²) in [6, 6.07) is 5.87. The number of aliphatic hydroxyl groups is 1. The lowest BCUT2D eigenvalue weighted by molar-refractivity contribution is -0.384. The summed E-state index contributed by atoms with van der Waals surface area (Å²) >= 11 is 0. The van der Waals surface area contributed by atoms with Crippen LogP contribution in [0.2, 0.25) is 0 Å². The average molecular weight is 210 g/mol. The second kappa shape index (κ2) is 4.86. The number of benzene rings is 1. The van der Waals surface area contributed by atoms with Crippen molar-refractivity contribution in [3.8, 4) is 0 Å². The molecule has 3 N–H and O–H groups in total. The quantitative estimate of drug-likeness (QED) is 0.573. The van der Waals surface area contributed by atoms with Crippen LogP contribution in [0.5, 0.6) is 0 Å². The minimum Gasteiger partial charge on any atom is -0.395 e. The van der Waals surface area contributed by atoms with Gasteiger partial charge in [0.15, 0.2) is 0 Å². The summed E-state index contributed by atoms with van der Waals surface area (Å²) in [6.45, 7) is 1.78. The number of aliphatic hydroxyl groups excluding tert-OH is 1. The minimum absolute atomic E-state index is 0.0178. The van der Waals surface area contributed by atoms with Crippen molar-refractivity contribution in [3.05, 3.63) is 39.9 Å². The van der Waals surface area contributed by atoms with Crippen LogP contribution in [0.3, 0.4) is 0 Å². The van der Waals surface area contributed by atoms with Gasteiger partial charge in [0.05, 0.1) is 11.5 Å². The number of hydrogen-bond acceptors (Lipinski definition) is 4. The number of nitrogens with zero attached hydrogens (tertiary/aromatic N) is 1. The standard InChI is InChI=1S/C10H14N2O3/c1-7(10(11)6-13)8-2-4-9(5-3-8)12(14)15/h2-5,7,10,13H,6,11H2,1H3. The third-order valence-electron chi connectivity index (χ3n) is 2.48. The molecule has 0 heterocycles. The lowest BCUT2D eigenvalue weighted by atomic mass is 9.94. The number of non-ortho nitro benzene ring substituents is 1. The zero-order chi connectivity index (χ0) is 11.4. The summed E-state index contributed by atoms with van der Waals surface area (Å²) in [7, 11) is 0. The van der Waals surface area contributed by atoms with Crippen molar-refractivity contribution in [3.63, 3.8) is 0 Å². The molecular formula is C10H14N2O3. The summed E-state index contributed by atoms with van der Waals surface area (Å²) in [6.07, 6.45) is 0. The molecule has 82 valence electrons. The Hall–Kier alpha value is -1.46. The van der Waals surface area contributed by atoms with Crippen LogP contribution in [0, 0.1) is 10.1 Å². The van der Waals surface area contributed by atoms with Gasteiger partial charge in [0.1, 0.15) is 0 Å². The van der Waals surface area contributed by atoms with Gasteiger partial charge in [-0.05, 0) is 11.5 Å². The van der Waals surface area contributed by atoms with Gasteiger partial charge in [0.2, 0.25) is 0 Å². The molecule has 0 saturated carbocycles. The number of nitro benzene ring substituents is 1. The monoisotopic (exact) mass is 210 g/mol. The number of rotatable bonds is 4. The second-order valence-corrected chi connectivity index (χ2v) is 3.48. The molecule has 0 aliphatic heterocycles. The highest BCUT2D eigenvalue weighted by Gasteiger charge is 2.14. The highest BCUT2D eigenvalue weighted by molar-refractivity contribution is 5.34. The Morgan fingerprint density at radius 2 is 2.00 bits per heavy atom. The van der Waals surface area contributed by atoms with Crippen molar-refractivity contribution in [2.45, 2.75) is 18.9 Å². The molecule has 15 heavy (non-hydrogen) atoms. The van der Waals surface area contributed by atoms with Crippen LogP contribution in [0.1, 0.15) is 18.4 Å². The first-order valence-electron chi connectivity index (χ1n) is 4.67. The minimum atomic E-state index is -0.444. The van der Waals surface area contributed by atoms with Crippen LogP contribution in [0.25, 0.3) is 0 Å². The fourth-order valence-electron chi connectivity index (χ4n) is 1.30. The van der Waals surface area contributed by atoms with E-state index in [0.717, 1.165) is 5.56 Å². The van der Waals surface area contributed by atoms with Gasteiger partial charge in [-0.1, -0.05) is 19.1 Å². The van der Waals surface area contributed by atoms with Crippen molar-refractivity contribution in [1.82, 2.24) is 0 Å². The summed E-state index contributed by atoms with van der Waals surface area (Å²) in [4.78, 5) is 9.97. The molecule has 1 aromatic carbocycles. The lowest BCUT2D eigenvalue weighted by Gasteiger charge is -2.17. The van der Waals surface area contributed by atoms with Crippen molar-refractivity contribution in [2.75, 3.05) is 6.61 Å². The molecule has 2 atom stereocenters. The van der Waals surface area contributed by atoms with Crippen molar-refractivity contribution >= 4 is 5.69 Å². The largest absolute Gasteiger partial charge is 0.395 e. The van der Waals surface area contributed by atoms with Gasteiger partial charge in [-0.15, -0.1) is 0 Å². The third-order valence-corrected chi connectivity index (χ3v) is 2.48. The van der Waals surface area contributed by atoms with Gasteiger partial charge < -0.3 is 10.8 Å². The van der Waals surface area contributed by atoms with Gasteiger partial charge in [-0.3, -0.25) is 10.1 Å². The third kappa shape index (κ3) is 2.74. The van der Waals surface area contributed by atoms with E-state index >= 15 is 0 Å². The average Bonchev–Trinajstić information content (AvgIpc) is 2.27. The Morgan fingerprint density at radius 1 is 1.47 bits per heavy atom. The van der Waals surface area contributed by atoms with Crippen LogP contribution < -0.4 is 5.73 Å². The Kier molecular flexibility index (Phi) is 3.76. The van der Waals surface area contributed by atoms with E-state index in [0.29, 0.717) is 0 Å². The van der Waals surface area contributed by atoms with Crippen molar-refractivity contribution < 1.29 is 10.0 Å². The van der Waals surface area contributed by atoms with Gasteiger partial charge in [0.25, 0.3) is 5.69 Å². The fraction of sp³-hybridized carbons (Fsp3) is 0.400. The molecule has 0 radical (unpaired) electrons. The molecule has 0 spiro atoms. The molecule has 0 fully saturated rings. The maximum Gasteiger partial charge on any atom is 0.269 e. The highest BCUT2D eigenvalue weighted by Crippen LogP contribution is 2.20. The van der Waals surface area contributed by atoms with Crippen LogP contribution in [0.15, 0.2) is 24.3 Å². The number of nitro groups is 1. The molecule has 0 amide bonds. The molecule has 2 unspecified atom stereocenters. The fourth-order valence-corrected chi connectivity index (χ4v) is 1.30. The first-order valence-corrected chi connectivity index (χ1v) is 4.67. The van der Waals surface area contributed by atoms with Crippen LogP contribution >= 0.6 is 0 Å². The zero-order valence-electron chi connectivity index (χ0n) is 8.46. The van der Waals surface area contributed by atoms with Crippen molar-refractivity contribution in [2.24, 2.45) is 5.73 Å². The number of nitrogens with two attached hydrogens (primary N) is 1. The summed E-state index contributed by atoms with van der Waals surface area (Å²) < 4.78 is 0. The van der Waals surface area contributed by atoms with E-state index in [9.17, 15) is 10.1 Å². The van der Waals surface area contributed by atoms with E-state index in [1.165, 1.54) is 12.1 Å². The Morgan fingerprint density at radius 3 is 2.40 bits per heavy atom. The predicted molar refractivity (Wildman–Crippen MR) is 56.6 cm³/mol. The Labute approximate surface area is 87.7 Å². The first-order chi connectivity index (χ1) is 7.06. The van der Waals surface area contributed by atoms with E-state index in [4.69, 9.17) is 10.8 Å². The van der Waals surface area contributed by atoms with Gasteiger partial charge in [0, 0.05) is 18.2 Å². The van der Waals surface area contributed by atoms with E-state index in [1.807, 2.05) is 6.92 Å². The molecular weight excluding hydrogens is 196 g/mol. The summed E-state index contributed by atoms with van der Waals surface area (Å²) in [5.41, 5.74) is 6.61. The Bertz CT molecular complexity index is 337. The van der Waals surface area contributed by atoms with Gasteiger partial charge in [-0.2, -0.15) is 0 Å². The highest BCUT2D eigenvalue weighted by atomic mass is 16.6. The van der Waals surface area contributed by atoms with Crippen molar-refractivity contribution in [1.29, 1.82) is 0 Å². The van der Waals surface area contributed by atoms with E-state index in [1.54, 1.807) is 12.1 Å². The maximum absolute atomic E-state index is 10.4. The zero-order valence-corrected chi connectivity index (χ0v) is 8.46. The van der Waals surface area contributed by atoms with E-state index in [2.05, 4.69) is 0 Å². The molecule has 0 aliphatic rings. The molecule has 1 aromatic rings. The number of hydrogen-bond donors (Lipinski definition) is 2. The normalized spacial score (nSPS) is 14.6. The summed E-state index contributed by atoms with van der Waals surface area (Å²) in [5, 5.41) is 19.3. The maximum atomic E-state index is 10.4. The van der Waals surface area contributed by atoms with E-state index < -0.39 is 4.92 Å². The second-order valence-electron chi connectivity index (χ2n) is 3.48. The molecule has 1 rings (SSSR count). The molecule has 0 aromatic heterocycles. The van der Waals surface area contributed by atoms with Gasteiger partial charge in [-0.25, -0.2) is 0 Å². The molecule has 5 heteroatoms. The summed E-state index contributed by atoms with van der Waals surface area (Å²) in [5.74, 6) is -0.0178. The predicted octanol–water partition coefficient (Wildman–Crippen LogP) is 1.02. The molecule has 0 saturated heterocycles. The SMILES string of the molecule is CC(c1ccc([N+](=O)[O-])cc1)C(N)CO. The molecule has 5 nitrogen and oxygen atoms in total. The van der Waals surface area contributed by atoms with Crippen LogP contribution in [-0.4, -0.2) is 22.7 Å². The Balaban J connectivity index is 2.84. The van der Waals surface area contributed by atoms with Crippen LogP contribution in [-0.2, 0) is 0 Å². The molecule has 0 aliphatic carbocycles. The van der Waals surface area contributed by atoms with Gasteiger partial charge >= 0.3 is 0 Å². The van der Waals surface area contributed by atoms with E-state index in [-0.39, 0.29) is 24.3 Å². The van der Waals surface area contributed by atoms with Crippen LogP contribution in [0.4, 0.5) is 5.69 Å². The lowest BCUT2D eigenvalue weighted by Crippen LogP contribution is -2.30. The topological polar surface area (TPSA) is 89.4 Å². The molecule has 0 bridgehead atoms. The smallest absolute Gasteiger partial charge is 0.269 e.